The van der Waals surface area contributed by atoms with Crippen molar-refractivity contribution in [2.45, 2.75) is 32.4 Å². The molecular formula is C13H14BrFN2O2. The average Bonchev–Trinajstić information content (AvgIpc) is 2.33. The van der Waals surface area contributed by atoms with Crippen molar-refractivity contribution in [3.63, 3.8) is 0 Å². The third kappa shape index (κ3) is 2.84. The molecule has 0 amide bonds. The van der Waals surface area contributed by atoms with E-state index in [1.54, 1.807) is 6.92 Å². The van der Waals surface area contributed by atoms with Crippen LogP contribution >= 0.6 is 15.9 Å². The first kappa shape index (κ1) is 14.1. The summed E-state index contributed by atoms with van der Waals surface area (Å²) in [6.07, 6.45) is 1.77. The first-order valence-corrected chi connectivity index (χ1v) is 6.70. The van der Waals surface area contributed by atoms with Gasteiger partial charge in [-0.1, -0.05) is 22.9 Å². The zero-order valence-corrected chi connectivity index (χ0v) is 12.2. The lowest BCUT2D eigenvalue weighted by Gasteiger charge is -2.22. The molecule has 0 aliphatic heterocycles. The summed E-state index contributed by atoms with van der Waals surface area (Å²) in [6, 6.07) is 2.80. The maximum atomic E-state index is 13.7. The zero-order valence-electron chi connectivity index (χ0n) is 10.7. The molecule has 1 heterocycles. The predicted octanol–water partition coefficient (Wildman–Crippen LogP) is 2.46. The van der Waals surface area contributed by atoms with E-state index in [1.807, 2.05) is 6.92 Å². The van der Waals surface area contributed by atoms with Crippen LogP contribution in [0.3, 0.4) is 0 Å². The molecule has 102 valence electrons. The number of hydrogen-bond acceptors (Lipinski definition) is 3. The number of halogens is 2. The fraction of sp³-hybridized carbons (Fsp3) is 0.385. The molecule has 0 fully saturated rings. The van der Waals surface area contributed by atoms with Crippen LogP contribution in [-0.2, 0) is 6.54 Å². The van der Waals surface area contributed by atoms with Crippen molar-refractivity contribution in [2.75, 3.05) is 0 Å². The fourth-order valence-electron chi connectivity index (χ4n) is 1.79. The quantitative estimate of drug-likeness (QED) is 0.941. The molecule has 0 radical (unpaired) electrons. The normalized spacial score (nSPS) is 14.6. The average molecular weight is 329 g/mol. The van der Waals surface area contributed by atoms with E-state index in [4.69, 9.17) is 0 Å². The smallest absolute Gasteiger partial charge is 0.261 e. The minimum Gasteiger partial charge on any atom is -0.388 e. The van der Waals surface area contributed by atoms with Gasteiger partial charge in [0.25, 0.3) is 5.56 Å². The molecule has 0 spiro atoms. The Morgan fingerprint density at radius 2 is 2.21 bits per heavy atom. The molecular weight excluding hydrogens is 315 g/mol. The Labute approximate surface area is 118 Å². The van der Waals surface area contributed by atoms with E-state index < -0.39 is 11.4 Å². The molecule has 1 aromatic heterocycles. The lowest BCUT2D eigenvalue weighted by atomic mass is 10.0. The molecule has 1 N–H and O–H groups in total. The molecule has 0 saturated carbocycles. The Balaban J connectivity index is 2.61. The summed E-state index contributed by atoms with van der Waals surface area (Å²) in [6.45, 7) is 3.60. The number of aromatic nitrogens is 2. The maximum Gasteiger partial charge on any atom is 0.261 e. The topological polar surface area (TPSA) is 55.1 Å². The van der Waals surface area contributed by atoms with Crippen molar-refractivity contribution < 1.29 is 9.50 Å². The highest BCUT2D eigenvalue weighted by Gasteiger charge is 2.20. The van der Waals surface area contributed by atoms with Gasteiger partial charge in [0.1, 0.15) is 5.52 Å². The molecule has 4 nitrogen and oxygen atoms in total. The standard InChI is InChI=1S/C13H14BrFN2O2/c1-3-13(2,19)6-17-7-16-11-9(12(17)18)4-8(14)5-10(11)15/h4-5,7,19H,3,6H2,1-2H3/t13-/m0/s1. The van der Waals surface area contributed by atoms with Gasteiger partial charge < -0.3 is 5.11 Å². The van der Waals surface area contributed by atoms with Crippen molar-refractivity contribution in [3.8, 4) is 0 Å². The van der Waals surface area contributed by atoms with E-state index >= 15 is 0 Å². The van der Waals surface area contributed by atoms with Gasteiger partial charge in [-0.25, -0.2) is 9.37 Å². The molecule has 2 aromatic rings. The molecule has 19 heavy (non-hydrogen) atoms. The Morgan fingerprint density at radius 1 is 1.53 bits per heavy atom. The van der Waals surface area contributed by atoms with Crippen LogP contribution in [0.15, 0.2) is 27.7 Å². The van der Waals surface area contributed by atoms with Crippen LogP contribution in [-0.4, -0.2) is 20.3 Å². The van der Waals surface area contributed by atoms with E-state index in [9.17, 15) is 14.3 Å². The summed E-state index contributed by atoms with van der Waals surface area (Å²) in [5, 5.41) is 10.2. The van der Waals surface area contributed by atoms with E-state index in [-0.39, 0.29) is 23.0 Å². The van der Waals surface area contributed by atoms with Gasteiger partial charge in [-0.2, -0.15) is 0 Å². The molecule has 0 aliphatic rings. The van der Waals surface area contributed by atoms with Crippen LogP contribution in [0.25, 0.3) is 10.9 Å². The van der Waals surface area contributed by atoms with Crippen LogP contribution in [0.2, 0.25) is 0 Å². The Hall–Kier alpha value is -1.27. The van der Waals surface area contributed by atoms with Crippen molar-refractivity contribution in [1.82, 2.24) is 9.55 Å². The summed E-state index contributed by atoms with van der Waals surface area (Å²) in [5.41, 5.74) is -1.32. The van der Waals surface area contributed by atoms with Crippen molar-refractivity contribution in [1.29, 1.82) is 0 Å². The highest BCUT2D eigenvalue weighted by Crippen LogP contribution is 2.19. The second-order valence-corrected chi connectivity index (χ2v) is 5.73. The molecule has 6 heteroatoms. The number of hydrogen-bond donors (Lipinski definition) is 1. The third-order valence-corrected chi connectivity index (χ3v) is 3.58. The van der Waals surface area contributed by atoms with Crippen LogP contribution in [0, 0.1) is 5.82 Å². The molecule has 2 rings (SSSR count). The zero-order chi connectivity index (χ0) is 14.2. The van der Waals surface area contributed by atoms with Gasteiger partial charge in [-0.05, 0) is 25.5 Å². The first-order valence-electron chi connectivity index (χ1n) is 5.90. The van der Waals surface area contributed by atoms with Gasteiger partial charge in [0, 0.05) is 4.47 Å². The number of benzene rings is 1. The number of fused-ring (bicyclic) bond motifs is 1. The summed E-state index contributed by atoms with van der Waals surface area (Å²) in [7, 11) is 0. The first-order chi connectivity index (χ1) is 8.84. The van der Waals surface area contributed by atoms with E-state index in [0.29, 0.717) is 10.9 Å². The second kappa shape index (κ2) is 5.02. The van der Waals surface area contributed by atoms with Gasteiger partial charge in [-0.15, -0.1) is 0 Å². The molecule has 1 atom stereocenters. The van der Waals surface area contributed by atoms with Gasteiger partial charge in [0.2, 0.25) is 0 Å². The minimum absolute atomic E-state index is 0.0422. The Morgan fingerprint density at radius 3 is 2.84 bits per heavy atom. The molecule has 0 saturated heterocycles. The van der Waals surface area contributed by atoms with Crippen molar-refractivity contribution >= 4 is 26.8 Å². The maximum absolute atomic E-state index is 13.7. The van der Waals surface area contributed by atoms with Gasteiger partial charge in [0.15, 0.2) is 5.82 Å². The second-order valence-electron chi connectivity index (χ2n) is 4.81. The van der Waals surface area contributed by atoms with Gasteiger partial charge >= 0.3 is 0 Å². The lowest BCUT2D eigenvalue weighted by molar-refractivity contribution is 0.0368. The summed E-state index contributed by atoms with van der Waals surface area (Å²) in [5.74, 6) is -0.545. The lowest BCUT2D eigenvalue weighted by Crippen LogP contribution is -2.35. The van der Waals surface area contributed by atoms with Crippen LogP contribution < -0.4 is 5.56 Å². The summed E-state index contributed by atoms with van der Waals surface area (Å²) >= 11 is 3.15. The van der Waals surface area contributed by atoms with Crippen molar-refractivity contribution in [3.05, 3.63) is 39.1 Å². The van der Waals surface area contributed by atoms with E-state index in [1.165, 1.54) is 23.0 Å². The minimum atomic E-state index is -0.996. The van der Waals surface area contributed by atoms with E-state index in [0.717, 1.165) is 0 Å². The predicted molar refractivity (Wildman–Crippen MR) is 74.6 cm³/mol. The number of aliphatic hydroxyl groups is 1. The highest BCUT2D eigenvalue weighted by atomic mass is 79.9. The highest BCUT2D eigenvalue weighted by molar-refractivity contribution is 9.10. The monoisotopic (exact) mass is 328 g/mol. The van der Waals surface area contributed by atoms with Crippen LogP contribution in [0.5, 0.6) is 0 Å². The largest absolute Gasteiger partial charge is 0.388 e. The molecule has 0 unspecified atom stereocenters. The fourth-order valence-corrected chi connectivity index (χ4v) is 2.22. The Kier molecular flexibility index (Phi) is 3.73. The third-order valence-electron chi connectivity index (χ3n) is 3.12. The molecule has 0 aliphatic carbocycles. The summed E-state index contributed by atoms with van der Waals surface area (Å²) in [4.78, 5) is 16.2. The van der Waals surface area contributed by atoms with Gasteiger partial charge in [-0.3, -0.25) is 9.36 Å². The van der Waals surface area contributed by atoms with Crippen LogP contribution in [0.4, 0.5) is 4.39 Å². The summed E-state index contributed by atoms with van der Waals surface area (Å²) < 4.78 is 15.5. The number of rotatable bonds is 3. The SMILES string of the molecule is CC[C@](C)(O)Cn1cnc2c(F)cc(Br)cc2c1=O. The van der Waals surface area contributed by atoms with Crippen LogP contribution in [0.1, 0.15) is 20.3 Å². The van der Waals surface area contributed by atoms with Gasteiger partial charge in [0.05, 0.1) is 23.9 Å². The van der Waals surface area contributed by atoms with E-state index in [2.05, 4.69) is 20.9 Å². The van der Waals surface area contributed by atoms with Crippen molar-refractivity contribution in [2.24, 2.45) is 0 Å². The molecule has 0 bridgehead atoms. The molecule has 1 aromatic carbocycles. The number of nitrogens with zero attached hydrogens (tertiary/aromatic N) is 2. The Bertz CT molecular complexity index is 682.